The van der Waals surface area contributed by atoms with Crippen LogP contribution in [0.3, 0.4) is 0 Å². The van der Waals surface area contributed by atoms with E-state index in [1.165, 1.54) is 0 Å². The van der Waals surface area contributed by atoms with Gasteiger partial charge in [-0.05, 0) is 12.1 Å². The van der Waals surface area contributed by atoms with Crippen molar-refractivity contribution in [2.24, 2.45) is 0 Å². The molecule has 0 aromatic heterocycles. The quantitative estimate of drug-likeness (QED) is 0.859. The summed E-state index contributed by atoms with van der Waals surface area (Å²) in [7, 11) is 0. The van der Waals surface area contributed by atoms with Crippen molar-refractivity contribution in [1.29, 1.82) is 0 Å². The molecular formula is C13H13F2NO5. The molecule has 1 fully saturated rings. The fourth-order valence-electron chi connectivity index (χ4n) is 1.87. The third-order valence-electron chi connectivity index (χ3n) is 2.91. The Labute approximate surface area is 118 Å². The molecule has 0 saturated carbocycles. The molecule has 114 valence electrons. The molecule has 0 radical (unpaired) electrons. The van der Waals surface area contributed by atoms with E-state index in [4.69, 9.17) is 14.6 Å². The van der Waals surface area contributed by atoms with E-state index in [1.54, 1.807) is 0 Å². The molecule has 1 aliphatic heterocycles. The Bertz CT molecular complexity index is 558. The first kappa shape index (κ1) is 15.3. The predicted octanol–water partition coefficient (Wildman–Crippen LogP) is 0.808. The van der Waals surface area contributed by atoms with Gasteiger partial charge in [-0.1, -0.05) is 0 Å². The Morgan fingerprint density at radius 1 is 1.24 bits per heavy atom. The minimum Gasteiger partial charge on any atom is -0.478 e. The number of aromatic carboxylic acids is 1. The van der Waals surface area contributed by atoms with Gasteiger partial charge in [-0.25, -0.2) is 13.6 Å². The normalized spacial score (nSPS) is 18.3. The molecule has 1 unspecified atom stereocenters. The van der Waals surface area contributed by atoms with E-state index in [9.17, 15) is 18.4 Å². The molecule has 2 rings (SSSR count). The van der Waals surface area contributed by atoms with E-state index >= 15 is 0 Å². The van der Waals surface area contributed by atoms with Gasteiger partial charge in [0, 0.05) is 6.54 Å². The number of halogens is 2. The highest BCUT2D eigenvalue weighted by atomic mass is 19.2. The van der Waals surface area contributed by atoms with Gasteiger partial charge in [-0.15, -0.1) is 0 Å². The van der Waals surface area contributed by atoms with Crippen LogP contribution in [0.1, 0.15) is 20.7 Å². The molecule has 1 aromatic rings. The molecule has 6 nitrogen and oxygen atoms in total. The maximum Gasteiger partial charge on any atom is 0.336 e. The molecule has 2 N–H and O–H groups in total. The number of carboxylic acids is 1. The van der Waals surface area contributed by atoms with Gasteiger partial charge in [0.2, 0.25) is 0 Å². The first-order valence-electron chi connectivity index (χ1n) is 6.19. The van der Waals surface area contributed by atoms with Crippen molar-refractivity contribution in [3.8, 4) is 0 Å². The predicted molar refractivity (Wildman–Crippen MR) is 66.2 cm³/mol. The van der Waals surface area contributed by atoms with Crippen LogP contribution in [0, 0.1) is 11.6 Å². The van der Waals surface area contributed by atoms with Crippen LogP contribution in [0.2, 0.25) is 0 Å². The Hall–Kier alpha value is -2.06. The molecule has 0 aliphatic carbocycles. The number of carbonyl (C=O) groups excluding carboxylic acids is 1. The molecule has 1 aliphatic rings. The molecule has 0 bridgehead atoms. The zero-order valence-corrected chi connectivity index (χ0v) is 10.9. The molecule has 1 saturated heterocycles. The maximum absolute atomic E-state index is 13.2. The van der Waals surface area contributed by atoms with Crippen LogP contribution in [0.15, 0.2) is 12.1 Å². The first-order chi connectivity index (χ1) is 9.99. The van der Waals surface area contributed by atoms with Crippen LogP contribution in [0.25, 0.3) is 0 Å². The lowest BCUT2D eigenvalue weighted by Gasteiger charge is -2.23. The Kier molecular flexibility index (Phi) is 4.81. The summed E-state index contributed by atoms with van der Waals surface area (Å²) in [6.45, 7) is 1.24. The summed E-state index contributed by atoms with van der Waals surface area (Å²) in [5.74, 6) is -4.95. The lowest BCUT2D eigenvalue weighted by atomic mass is 10.1. The number of nitrogens with one attached hydrogen (secondary N) is 1. The highest BCUT2D eigenvalue weighted by Gasteiger charge is 2.22. The number of amides is 1. The minimum atomic E-state index is -1.52. The first-order valence-corrected chi connectivity index (χ1v) is 6.19. The van der Waals surface area contributed by atoms with Crippen molar-refractivity contribution in [3.63, 3.8) is 0 Å². The summed E-state index contributed by atoms with van der Waals surface area (Å²) < 4.78 is 36.7. The Morgan fingerprint density at radius 3 is 2.48 bits per heavy atom. The van der Waals surface area contributed by atoms with Crippen LogP contribution in [0.4, 0.5) is 8.78 Å². The Balaban J connectivity index is 2.10. The zero-order valence-electron chi connectivity index (χ0n) is 10.9. The number of carboxylic acid groups (broad SMARTS) is 1. The van der Waals surface area contributed by atoms with E-state index in [-0.39, 0.29) is 12.6 Å². The lowest BCUT2D eigenvalue weighted by molar-refractivity contribution is -0.0855. The highest BCUT2D eigenvalue weighted by molar-refractivity contribution is 6.04. The number of ether oxygens (including phenoxy) is 2. The topological polar surface area (TPSA) is 84.9 Å². The molecule has 1 amide bonds. The van der Waals surface area contributed by atoms with Gasteiger partial charge in [0.25, 0.3) is 5.91 Å². The summed E-state index contributed by atoms with van der Waals surface area (Å²) in [5, 5.41) is 11.3. The van der Waals surface area contributed by atoms with Gasteiger partial charge in [0.05, 0.1) is 37.1 Å². The van der Waals surface area contributed by atoms with Crippen LogP contribution < -0.4 is 5.32 Å². The van der Waals surface area contributed by atoms with Crippen molar-refractivity contribution in [2.75, 3.05) is 26.4 Å². The number of hydrogen-bond acceptors (Lipinski definition) is 4. The van der Waals surface area contributed by atoms with Gasteiger partial charge in [0.15, 0.2) is 11.6 Å². The fraction of sp³-hybridized carbons (Fsp3) is 0.385. The summed E-state index contributed by atoms with van der Waals surface area (Å²) in [5.41, 5.74) is -1.05. The Morgan fingerprint density at radius 2 is 1.90 bits per heavy atom. The summed E-state index contributed by atoms with van der Waals surface area (Å²) >= 11 is 0. The van der Waals surface area contributed by atoms with Gasteiger partial charge < -0.3 is 19.9 Å². The van der Waals surface area contributed by atoms with Gasteiger partial charge >= 0.3 is 5.97 Å². The minimum absolute atomic E-state index is 0.0802. The molecule has 0 spiro atoms. The van der Waals surface area contributed by atoms with E-state index in [2.05, 4.69) is 5.32 Å². The lowest BCUT2D eigenvalue weighted by Crippen LogP contribution is -2.40. The number of hydrogen-bond donors (Lipinski definition) is 2. The van der Waals surface area contributed by atoms with Crippen molar-refractivity contribution in [3.05, 3.63) is 34.9 Å². The number of rotatable bonds is 4. The summed E-state index contributed by atoms with van der Waals surface area (Å²) in [6, 6.07) is 1.04. The maximum atomic E-state index is 13.2. The van der Waals surface area contributed by atoms with Crippen molar-refractivity contribution < 1.29 is 33.0 Å². The van der Waals surface area contributed by atoms with E-state index in [1.807, 2.05) is 0 Å². The largest absolute Gasteiger partial charge is 0.478 e. The molecule has 21 heavy (non-hydrogen) atoms. The van der Waals surface area contributed by atoms with E-state index in [0.29, 0.717) is 32.0 Å². The summed E-state index contributed by atoms with van der Waals surface area (Å²) in [4.78, 5) is 22.9. The van der Waals surface area contributed by atoms with Crippen molar-refractivity contribution >= 4 is 11.9 Å². The second kappa shape index (κ2) is 6.59. The molecule has 8 heteroatoms. The molecule has 1 atom stereocenters. The molecule has 1 heterocycles. The average Bonchev–Trinajstić information content (AvgIpc) is 2.48. The van der Waals surface area contributed by atoms with Crippen LogP contribution in [0.5, 0.6) is 0 Å². The average molecular weight is 301 g/mol. The van der Waals surface area contributed by atoms with Crippen LogP contribution >= 0.6 is 0 Å². The third-order valence-corrected chi connectivity index (χ3v) is 2.91. The van der Waals surface area contributed by atoms with E-state index < -0.39 is 34.6 Å². The summed E-state index contributed by atoms with van der Waals surface area (Å²) in [6.07, 6.45) is -0.360. The fourth-order valence-corrected chi connectivity index (χ4v) is 1.87. The highest BCUT2D eigenvalue weighted by Crippen LogP contribution is 2.15. The monoisotopic (exact) mass is 301 g/mol. The van der Waals surface area contributed by atoms with Gasteiger partial charge in [0.1, 0.15) is 0 Å². The second-order valence-corrected chi connectivity index (χ2v) is 4.39. The smallest absolute Gasteiger partial charge is 0.336 e. The molecular weight excluding hydrogens is 288 g/mol. The van der Waals surface area contributed by atoms with Gasteiger partial charge in [-0.3, -0.25) is 4.79 Å². The number of benzene rings is 1. The van der Waals surface area contributed by atoms with Crippen molar-refractivity contribution in [2.45, 2.75) is 6.10 Å². The van der Waals surface area contributed by atoms with Crippen LogP contribution in [-0.4, -0.2) is 49.5 Å². The standard InChI is InChI=1S/C13H13F2NO5/c14-10-3-8(9(13(18)19)4-11(10)15)12(17)16-5-7-6-20-1-2-21-7/h3-4,7H,1-2,5-6H2,(H,16,17)(H,18,19). The van der Waals surface area contributed by atoms with Crippen LogP contribution in [-0.2, 0) is 9.47 Å². The van der Waals surface area contributed by atoms with Gasteiger partial charge in [-0.2, -0.15) is 0 Å². The van der Waals surface area contributed by atoms with Crippen molar-refractivity contribution in [1.82, 2.24) is 5.32 Å². The number of carbonyl (C=O) groups is 2. The second-order valence-electron chi connectivity index (χ2n) is 4.39. The van der Waals surface area contributed by atoms with E-state index in [0.717, 1.165) is 0 Å². The molecule has 1 aromatic carbocycles. The zero-order chi connectivity index (χ0) is 15.4. The SMILES string of the molecule is O=C(O)c1cc(F)c(F)cc1C(=O)NCC1COCCO1. The third kappa shape index (κ3) is 3.73.